The molecule has 0 bridgehead atoms. The smallest absolute Gasteiger partial charge is 0.332 e. The van der Waals surface area contributed by atoms with E-state index in [0.717, 1.165) is 16.5 Å². The second-order valence-electron chi connectivity index (χ2n) is 7.19. The second-order valence-corrected chi connectivity index (χ2v) is 7.19. The lowest BCUT2D eigenvalue weighted by molar-refractivity contribution is 0.652. The largest absolute Gasteiger partial charge is 0.344 e. The number of fused-ring (bicyclic) bond motifs is 2. The molecular formula is C20H24N8O2. The molecule has 0 aliphatic carbocycles. The van der Waals surface area contributed by atoms with Gasteiger partial charge in [0.2, 0.25) is 5.95 Å². The van der Waals surface area contributed by atoms with Gasteiger partial charge in [0.15, 0.2) is 11.2 Å². The number of hydrogen-bond donors (Lipinski definition) is 1. The molecule has 10 nitrogen and oxygen atoms in total. The minimum Gasteiger partial charge on any atom is -0.344 e. The van der Waals surface area contributed by atoms with E-state index in [-0.39, 0.29) is 12.1 Å². The monoisotopic (exact) mass is 408 g/mol. The molecule has 0 aliphatic rings. The molecule has 0 saturated carbocycles. The molecular weight excluding hydrogens is 384 g/mol. The molecule has 4 rings (SSSR count). The topological polar surface area (TPSA) is 117 Å². The first kappa shape index (κ1) is 19.8. The summed E-state index contributed by atoms with van der Waals surface area (Å²) in [6.45, 7) is 3.68. The second kappa shape index (κ2) is 7.71. The average molecular weight is 408 g/mol. The fraction of sp³-hybridized carbons (Fsp3) is 0.350. The summed E-state index contributed by atoms with van der Waals surface area (Å²) in [6, 6.07) is 5.61. The first-order valence-corrected chi connectivity index (χ1v) is 9.76. The van der Waals surface area contributed by atoms with Crippen molar-refractivity contribution >= 4 is 28.0 Å². The van der Waals surface area contributed by atoms with Crippen LogP contribution in [0.5, 0.6) is 0 Å². The zero-order chi connectivity index (χ0) is 21.4. The Hall–Kier alpha value is -3.53. The molecule has 4 aromatic rings. The van der Waals surface area contributed by atoms with E-state index in [1.165, 1.54) is 15.5 Å². The molecule has 2 N–H and O–H groups in total. The number of hydrogen-bond acceptors (Lipinski definition) is 7. The highest BCUT2D eigenvalue weighted by molar-refractivity contribution is 5.78. The maximum Gasteiger partial charge on any atom is 0.332 e. The summed E-state index contributed by atoms with van der Waals surface area (Å²) in [6.07, 6.45) is 3.20. The van der Waals surface area contributed by atoms with E-state index in [0.29, 0.717) is 36.7 Å². The zero-order valence-corrected chi connectivity index (χ0v) is 17.2. The van der Waals surface area contributed by atoms with Crippen LogP contribution in [0.2, 0.25) is 0 Å². The summed E-state index contributed by atoms with van der Waals surface area (Å²) in [7, 11) is 3.50. The first-order valence-electron chi connectivity index (χ1n) is 9.76. The van der Waals surface area contributed by atoms with Crippen LogP contribution in [0.4, 0.5) is 5.95 Å². The predicted molar refractivity (Wildman–Crippen MR) is 116 cm³/mol. The van der Waals surface area contributed by atoms with Gasteiger partial charge in [-0.3, -0.25) is 13.9 Å². The third-order valence-electron chi connectivity index (χ3n) is 5.24. The standard InChI is InChI=1S/C20H24N8O2/c1-4-27-16-17(24-19(27)25(2)8-7-21)26(3)20(30)28(18(16)29)11-13-5-6-15-14(9-13)10-22-12-23-15/h5-6,9-10,12H,4,7-8,11,21H2,1-3H3. The highest BCUT2D eigenvalue weighted by atomic mass is 16.2. The van der Waals surface area contributed by atoms with Crippen molar-refractivity contribution in [1.82, 2.24) is 28.7 Å². The maximum absolute atomic E-state index is 13.4. The van der Waals surface area contributed by atoms with Crippen LogP contribution in [0.15, 0.2) is 40.3 Å². The Labute approximate surface area is 172 Å². The molecule has 0 saturated heterocycles. The van der Waals surface area contributed by atoms with Gasteiger partial charge in [0.25, 0.3) is 5.56 Å². The van der Waals surface area contributed by atoms with Gasteiger partial charge in [-0.2, -0.15) is 4.98 Å². The van der Waals surface area contributed by atoms with Gasteiger partial charge < -0.3 is 15.2 Å². The fourth-order valence-corrected chi connectivity index (χ4v) is 3.70. The van der Waals surface area contributed by atoms with Crippen LogP contribution in [0.3, 0.4) is 0 Å². The summed E-state index contributed by atoms with van der Waals surface area (Å²) >= 11 is 0. The van der Waals surface area contributed by atoms with Crippen molar-refractivity contribution in [2.45, 2.75) is 20.0 Å². The van der Waals surface area contributed by atoms with Crippen molar-refractivity contribution in [2.75, 3.05) is 25.0 Å². The fourth-order valence-electron chi connectivity index (χ4n) is 3.70. The molecule has 0 aliphatic heterocycles. The number of benzene rings is 1. The zero-order valence-electron chi connectivity index (χ0n) is 17.2. The van der Waals surface area contributed by atoms with Crippen molar-refractivity contribution in [2.24, 2.45) is 12.8 Å². The predicted octanol–water partition coefficient (Wildman–Crippen LogP) is 0.303. The van der Waals surface area contributed by atoms with Crippen LogP contribution in [0.25, 0.3) is 22.1 Å². The normalized spacial score (nSPS) is 11.5. The summed E-state index contributed by atoms with van der Waals surface area (Å²) in [4.78, 5) is 41.1. The van der Waals surface area contributed by atoms with E-state index in [9.17, 15) is 9.59 Å². The lowest BCUT2D eigenvalue weighted by atomic mass is 10.1. The van der Waals surface area contributed by atoms with E-state index in [1.54, 1.807) is 13.2 Å². The van der Waals surface area contributed by atoms with Crippen LogP contribution in [0.1, 0.15) is 12.5 Å². The minimum absolute atomic E-state index is 0.148. The number of rotatable bonds is 6. The Kier molecular flexibility index (Phi) is 5.08. The highest BCUT2D eigenvalue weighted by Crippen LogP contribution is 2.19. The molecule has 3 aromatic heterocycles. The molecule has 0 atom stereocenters. The van der Waals surface area contributed by atoms with Gasteiger partial charge >= 0.3 is 5.69 Å². The SMILES string of the molecule is CCn1c(N(C)CCN)nc2c1c(=O)n(Cc1ccc3ncncc3c1)c(=O)n2C. The quantitative estimate of drug-likeness (QED) is 0.488. The third-order valence-corrected chi connectivity index (χ3v) is 5.24. The van der Waals surface area contributed by atoms with Gasteiger partial charge in [-0.1, -0.05) is 6.07 Å². The molecule has 0 spiro atoms. The lowest BCUT2D eigenvalue weighted by Gasteiger charge is -2.17. The molecule has 10 heteroatoms. The molecule has 0 unspecified atom stereocenters. The Balaban J connectivity index is 1.89. The molecule has 3 heterocycles. The number of imidazole rings is 1. The lowest BCUT2D eigenvalue weighted by Crippen LogP contribution is -2.40. The van der Waals surface area contributed by atoms with E-state index in [1.807, 2.05) is 41.6 Å². The van der Waals surface area contributed by atoms with Crippen LogP contribution < -0.4 is 21.9 Å². The molecule has 156 valence electrons. The van der Waals surface area contributed by atoms with Crippen molar-refractivity contribution in [3.8, 4) is 0 Å². The van der Waals surface area contributed by atoms with Crippen LogP contribution in [-0.4, -0.2) is 48.8 Å². The van der Waals surface area contributed by atoms with Crippen LogP contribution >= 0.6 is 0 Å². The number of likely N-dealkylation sites (N-methyl/N-ethyl adjacent to an activating group) is 1. The van der Waals surface area contributed by atoms with Gasteiger partial charge in [0.05, 0.1) is 12.1 Å². The molecule has 1 aromatic carbocycles. The average Bonchev–Trinajstić information content (AvgIpc) is 3.15. The Morgan fingerprint density at radius 2 is 2.00 bits per heavy atom. The Bertz CT molecular complexity index is 1350. The molecule has 0 radical (unpaired) electrons. The van der Waals surface area contributed by atoms with Crippen molar-refractivity contribution < 1.29 is 0 Å². The number of nitrogens with zero attached hydrogens (tertiary/aromatic N) is 7. The van der Waals surface area contributed by atoms with Gasteiger partial charge in [-0.15, -0.1) is 0 Å². The van der Waals surface area contributed by atoms with Crippen molar-refractivity contribution in [3.05, 3.63) is 57.1 Å². The van der Waals surface area contributed by atoms with E-state index in [4.69, 9.17) is 5.73 Å². The number of aryl methyl sites for hydroxylation is 2. The van der Waals surface area contributed by atoms with Crippen LogP contribution in [0, 0.1) is 0 Å². The Morgan fingerprint density at radius 1 is 1.20 bits per heavy atom. The summed E-state index contributed by atoms with van der Waals surface area (Å²) in [5, 5.41) is 0.852. The van der Waals surface area contributed by atoms with Crippen molar-refractivity contribution in [3.63, 3.8) is 0 Å². The number of nitrogens with two attached hydrogens (primary N) is 1. The van der Waals surface area contributed by atoms with Crippen LogP contribution in [-0.2, 0) is 20.1 Å². The number of aromatic nitrogens is 6. The molecule has 30 heavy (non-hydrogen) atoms. The maximum atomic E-state index is 13.4. The van der Waals surface area contributed by atoms with E-state index < -0.39 is 5.69 Å². The minimum atomic E-state index is -0.411. The van der Waals surface area contributed by atoms with Gasteiger partial charge in [0, 0.05) is 45.3 Å². The Morgan fingerprint density at radius 3 is 2.73 bits per heavy atom. The number of anilines is 1. The van der Waals surface area contributed by atoms with E-state index in [2.05, 4.69) is 15.0 Å². The molecule has 0 fully saturated rings. The molecule has 0 amide bonds. The summed E-state index contributed by atoms with van der Waals surface area (Å²) in [5.74, 6) is 0.616. The summed E-state index contributed by atoms with van der Waals surface area (Å²) < 4.78 is 4.50. The van der Waals surface area contributed by atoms with Gasteiger partial charge in [-0.05, 0) is 24.6 Å². The van der Waals surface area contributed by atoms with Gasteiger partial charge in [0.1, 0.15) is 6.33 Å². The van der Waals surface area contributed by atoms with E-state index >= 15 is 0 Å². The highest BCUT2D eigenvalue weighted by Gasteiger charge is 2.21. The third kappa shape index (κ3) is 3.14. The van der Waals surface area contributed by atoms with Crippen molar-refractivity contribution in [1.29, 1.82) is 0 Å². The first-order chi connectivity index (χ1) is 14.5. The van der Waals surface area contributed by atoms with Gasteiger partial charge in [-0.25, -0.2) is 14.8 Å². The summed E-state index contributed by atoms with van der Waals surface area (Å²) in [5.41, 5.74) is 7.30.